The Balaban J connectivity index is 2.25. The first-order valence-corrected chi connectivity index (χ1v) is 6.29. The van der Waals surface area contributed by atoms with Gasteiger partial charge in [0.1, 0.15) is 12.1 Å². The monoisotopic (exact) mass is 274 g/mol. The van der Waals surface area contributed by atoms with E-state index in [1.165, 1.54) is 19.0 Å². The van der Waals surface area contributed by atoms with Gasteiger partial charge in [-0.15, -0.1) is 0 Å². The minimum absolute atomic E-state index is 0.313. The van der Waals surface area contributed by atoms with E-state index in [0.717, 1.165) is 0 Å². The summed E-state index contributed by atoms with van der Waals surface area (Å²) in [6, 6.07) is 7.84. The number of nitrogens with zero attached hydrogens (tertiary/aromatic N) is 2. The van der Waals surface area contributed by atoms with Crippen molar-refractivity contribution in [3.8, 4) is 17.4 Å². The van der Waals surface area contributed by atoms with Gasteiger partial charge in [-0.05, 0) is 23.6 Å². The summed E-state index contributed by atoms with van der Waals surface area (Å²) >= 11 is 0. The van der Waals surface area contributed by atoms with E-state index in [2.05, 4.69) is 29.2 Å². The Kier molecular flexibility index (Phi) is 4.37. The summed E-state index contributed by atoms with van der Waals surface area (Å²) < 4.78 is 10.9. The first-order valence-electron chi connectivity index (χ1n) is 6.29. The van der Waals surface area contributed by atoms with Gasteiger partial charge >= 0.3 is 0 Å². The zero-order valence-corrected chi connectivity index (χ0v) is 11.8. The molecule has 2 rings (SSSR count). The summed E-state index contributed by atoms with van der Waals surface area (Å²) in [6.07, 6.45) is 1.36. The van der Waals surface area contributed by atoms with Crippen LogP contribution in [0.1, 0.15) is 25.3 Å². The van der Waals surface area contributed by atoms with Crippen molar-refractivity contribution < 1.29 is 9.47 Å². The predicted octanol–water partition coefficient (Wildman–Crippen LogP) is 2.69. The first kappa shape index (κ1) is 14.1. The molecule has 0 unspecified atom stereocenters. The molecule has 0 fully saturated rings. The second kappa shape index (κ2) is 6.21. The van der Waals surface area contributed by atoms with E-state index in [-0.39, 0.29) is 0 Å². The second-order valence-corrected chi connectivity index (χ2v) is 4.53. The number of hydrogen-bond donors (Lipinski definition) is 2. The molecule has 2 aromatic rings. The van der Waals surface area contributed by atoms with Gasteiger partial charge in [0.25, 0.3) is 5.88 Å². The molecule has 1 aromatic carbocycles. The van der Waals surface area contributed by atoms with Crippen molar-refractivity contribution in [3.63, 3.8) is 0 Å². The highest BCUT2D eigenvalue weighted by Crippen LogP contribution is 2.33. The molecule has 20 heavy (non-hydrogen) atoms. The van der Waals surface area contributed by atoms with Crippen LogP contribution in [0.3, 0.4) is 0 Å². The van der Waals surface area contributed by atoms with Crippen LogP contribution in [-0.4, -0.2) is 17.1 Å². The van der Waals surface area contributed by atoms with Crippen molar-refractivity contribution in [2.24, 2.45) is 5.84 Å². The minimum Gasteiger partial charge on any atom is -0.489 e. The van der Waals surface area contributed by atoms with Crippen molar-refractivity contribution in [2.75, 3.05) is 12.5 Å². The van der Waals surface area contributed by atoms with Crippen LogP contribution in [0.2, 0.25) is 0 Å². The van der Waals surface area contributed by atoms with Crippen molar-refractivity contribution in [3.05, 3.63) is 36.2 Å². The molecule has 0 saturated carbocycles. The quantitative estimate of drug-likeness (QED) is 0.644. The molecule has 0 aliphatic heterocycles. The van der Waals surface area contributed by atoms with Crippen LogP contribution in [0.5, 0.6) is 17.4 Å². The van der Waals surface area contributed by atoms with Crippen LogP contribution in [0.25, 0.3) is 0 Å². The number of aromatic nitrogens is 2. The third kappa shape index (κ3) is 2.97. The van der Waals surface area contributed by atoms with Gasteiger partial charge in [-0.3, -0.25) is 0 Å². The number of benzene rings is 1. The fourth-order valence-electron chi connectivity index (χ4n) is 1.75. The lowest BCUT2D eigenvalue weighted by Crippen LogP contribution is -2.10. The van der Waals surface area contributed by atoms with E-state index in [4.69, 9.17) is 15.3 Å². The van der Waals surface area contributed by atoms with E-state index >= 15 is 0 Å². The van der Waals surface area contributed by atoms with Gasteiger partial charge < -0.3 is 14.9 Å². The summed E-state index contributed by atoms with van der Waals surface area (Å²) in [4.78, 5) is 8.01. The molecule has 0 amide bonds. The van der Waals surface area contributed by atoms with E-state index in [0.29, 0.717) is 29.1 Å². The number of anilines is 1. The fraction of sp³-hybridized carbons (Fsp3) is 0.286. The van der Waals surface area contributed by atoms with Gasteiger partial charge in [0.2, 0.25) is 5.75 Å². The third-order valence-electron chi connectivity index (χ3n) is 2.87. The summed E-state index contributed by atoms with van der Waals surface area (Å²) in [7, 11) is 1.51. The molecule has 0 atom stereocenters. The highest BCUT2D eigenvalue weighted by atomic mass is 16.5. The topological polar surface area (TPSA) is 82.3 Å². The molecule has 0 aliphatic rings. The van der Waals surface area contributed by atoms with Gasteiger partial charge in [-0.25, -0.2) is 10.8 Å². The Morgan fingerprint density at radius 3 is 2.40 bits per heavy atom. The van der Waals surface area contributed by atoms with Crippen LogP contribution in [0.15, 0.2) is 30.6 Å². The van der Waals surface area contributed by atoms with Crippen LogP contribution in [0, 0.1) is 0 Å². The molecule has 0 aliphatic carbocycles. The van der Waals surface area contributed by atoms with Crippen LogP contribution in [0.4, 0.5) is 5.82 Å². The lowest BCUT2D eigenvalue weighted by molar-refractivity contribution is 0.369. The van der Waals surface area contributed by atoms with Gasteiger partial charge in [-0.1, -0.05) is 26.0 Å². The van der Waals surface area contributed by atoms with E-state index in [9.17, 15) is 0 Å². The molecular weight excluding hydrogens is 256 g/mol. The number of ether oxygens (including phenoxy) is 2. The standard InChI is InChI=1S/C14H18N4O2/c1-9(2)10-4-6-11(7-5-10)20-14-12(19-3)13(18-15)16-8-17-14/h4-9H,15H2,1-3H3,(H,16,17,18). The number of nitrogens with two attached hydrogens (primary N) is 1. The Hall–Kier alpha value is -2.34. The number of hydrazine groups is 1. The second-order valence-electron chi connectivity index (χ2n) is 4.53. The van der Waals surface area contributed by atoms with Gasteiger partial charge in [0.05, 0.1) is 7.11 Å². The largest absolute Gasteiger partial charge is 0.489 e. The van der Waals surface area contributed by atoms with E-state index < -0.39 is 0 Å². The van der Waals surface area contributed by atoms with Crippen LogP contribution in [-0.2, 0) is 0 Å². The minimum atomic E-state index is 0.313. The smallest absolute Gasteiger partial charge is 0.268 e. The molecule has 106 valence electrons. The average Bonchev–Trinajstić information content (AvgIpc) is 2.47. The van der Waals surface area contributed by atoms with Crippen molar-refractivity contribution in [2.45, 2.75) is 19.8 Å². The number of nitrogen functional groups attached to an aromatic ring is 1. The lowest BCUT2D eigenvalue weighted by Gasteiger charge is -2.12. The Labute approximate surface area is 117 Å². The normalized spacial score (nSPS) is 10.4. The van der Waals surface area contributed by atoms with Gasteiger partial charge in [0.15, 0.2) is 5.82 Å². The fourth-order valence-corrected chi connectivity index (χ4v) is 1.75. The van der Waals surface area contributed by atoms with Crippen LogP contribution >= 0.6 is 0 Å². The maximum atomic E-state index is 5.71. The highest BCUT2D eigenvalue weighted by Gasteiger charge is 2.13. The Morgan fingerprint density at radius 2 is 1.85 bits per heavy atom. The highest BCUT2D eigenvalue weighted by molar-refractivity contribution is 5.55. The van der Waals surface area contributed by atoms with Crippen molar-refractivity contribution in [1.29, 1.82) is 0 Å². The SMILES string of the molecule is COc1c(NN)ncnc1Oc1ccc(C(C)C)cc1. The van der Waals surface area contributed by atoms with E-state index in [1.54, 1.807) is 0 Å². The predicted molar refractivity (Wildman–Crippen MR) is 77.0 cm³/mol. The molecular formula is C14H18N4O2. The zero-order chi connectivity index (χ0) is 14.5. The molecule has 1 heterocycles. The number of hydrogen-bond acceptors (Lipinski definition) is 6. The third-order valence-corrected chi connectivity index (χ3v) is 2.87. The molecule has 6 nitrogen and oxygen atoms in total. The summed E-state index contributed by atoms with van der Waals surface area (Å²) in [5.74, 6) is 7.57. The summed E-state index contributed by atoms with van der Waals surface area (Å²) in [6.45, 7) is 4.28. The Bertz CT molecular complexity index is 570. The van der Waals surface area contributed by atoms with Crippen molar-refractivity contribution in [1.82, 2.24) is 9.97 Å². The van der Waals surface area contributed by atoms with Crippen LogP contribution < -0.4 is 20.7 Å². The lowest BCUT2D eigenvalue weighted by atomic mass is 10.0. The molecule has 0 bridgehead atoms. The molecule has 1 aromatic heterocycles. The molecule has 0 saturated heterocycles. The molecule has 6 heteroatoms. The van der Waals surface area contributed by atoms with Gasteiger partial charge in [-0.2, -0.15) is 4.98 Å². The number of rotatable bonds is 5. The summed E-state index contributed by atoms with van der Waals surface area (Å²) in [5.41, 5.74) is 3.69. The van der Waals surface area contributed by atoms with Gasteiger partial charge in [0, 0.05) is 0 Å². The Morgan fingerprint density at radius 1 is 1.15 bits per heavy atom. The average molecular weight is 274 g/mol. The maximum absolute atomic E-state index is 5.71. The maximum Gasteiger partial charge on any atom is 0.268 e. The van der Waals surface area contributed by atoms with E-state index in [1.807, 2.05) is 24.3 Å². The van der Waals surface area contributed by atoms with Crippen molar-refractivity contribution >= 4 is 5.82 Å². The number of nitrogens with one attached hydrogen (secondary N) is 1. The molecule has 3 N–H and O–H groups in total. The number of methoxy groups -OCH3 is 1. The first-order chi connectivity index (χ1) is 9.65. The molecule has 0 radical (unpaired) electrons. The summed E-state index contributed by atoms with van der Waals surface area (Å²) in [5, 5.41) is 0. The zero-order valence-electron chi connectivity index (χ0n) is 11.8. The molecule has 0 spiro atoms.